The molecule has 25 heavy (non-hydrogen) atoms. The smallest absolute Gasteiger partial charge is 0.258 e. The van der Waals surface area contributed by atoms with Gasteiger partial charge >= 0.3 is 0 Å². The van der Waals surface area contributed by atoms with Crippen molar-refractivity contribution in [1.82, 2.24) is 10.2 Å². The van der Waals surface area contributed by atoms with Crippen molar-refractivity contribution >= 4 is 11.7 Å². The summed E-state index contributed by atoms with van der Waals surface area (Å²) >= 11 is 0. The number of carbonyl (C=O) groups is 2. The van der Waals surface area contributed by atoms with Gasteiger partial charge in [0.1, 0.15) is 0 Å². The minimum atomic E-state index is -0.133. The maximum atomic E-state index is 12.1. The van der Waals surface area contributed by atoms with E-state index in [1.54, 1.807) is 18.2 Å². The van der Waals surface area contributed by atoms with Crippen LogP contribution in [0.25, 0.3) is 0 Å². The van der Waals surface area contributed by atoms with Gasteiger partial charge < -0.3 is 19.7 Å². The lowest BCUT2D eigenvalue weighted by Crippen LogP contribution is -2.46. The Bertz CT molecular complexity index is 595. The second-order valence-electron chi connectivity index (χ2n) is 6.39. The van der Waals surface area contributed by atoms with E-state index in [0.29, 0.717) is 17.1 Å². The third-order valence-electron chi connectivity index (χ3n) is 4.42. The number of nitrogens with one attached hydrogen (secondary N) is 1. The molecule has 0 unspecified atom stereocenters. The zero-order chi connectivity index (χ0) is 18.2. The van der Waals surface area contributed by atoms with E-state index in [2.05, 4.69) is 17.1 Å². The highest BCUT2D eigenvalue weighted by molar-refractivity contribution is 5.94. The van der Waals surface area contributed by atoms with E-state index in [1.807, 2.05) is 0 Å². The van der Waals surface area contributed by atoms with Crippen molar-refractivity contribution < 1.29 is 19.1 Å². The van der Waals surface area contributed by atoms with E-state index in [4.69, 9.17) is 9.47 Å². The average Bonchev–Trinajstić information content (AvgIpc) is 2.61. The van der Waals surface area contributed by atoms with Crippen molar-refractivity contribution in [2.75, 3.05) is 33.4 Å². The summed E-state index contributed by atoms with van der Waals surface area (Å²) in [5, 5.41) is 3.03. The van der Waals surface area contributed by atoms with Crippen LogP contribution in [-0.4, -0.2) is 56.0 Å². The molecule has 1 N–H and O–H groups in total. The second kappa shape index (κ2) is 9.42. The van der Waals surface area contributed by atoms with E-state index in [9.17, 15) is 9.59 Å². The van der Waals surface area contributed by atoms with Gasteiger partial charge in [-0.15, -0.1) is 0 Å². The number of ether oxygens (including phenoxy) is 2. The first-order chi connectivity index (χ1) is 12.0. The van der Waals surface area contributed by atoms with Crippen LogP contribution in [0.3, 0.4) is 0 Å². The van der Waals surface area contributed by atoms with Gasteiger partial charge in [0, 0.05) is 24.7 Å². The Morgan fingerprint density at radius 1 is 1.24 bits per heavy atom. The summed E-state index contributed by atoms with van der Waals surface area (Å²) < 4.78 is 10.8. The predicted octanol–water partition coefficient (Wildman–Crippen LogP) is 2.27. The van der Waals surface area contributed by atoms with Gasteiger partial charge in [0.05, 0.1) is 7.11 Å². The summed E-state index contributed by atoms with van der Waals surface area (Å²) in [6.07, 6.45) is 3.11. The minimum Gasteiger partial charge on any atom is -0.493 e. The fourth-order valence-electron chi connectivity index (χ4n) is 3.04. The number of likely N-dealkylation sites (tertiary alicyclic amines) is 1. The molecule has 6 heteroatoms. The molecule has 1 aromatic rings. The van der Waals surface area contributed by atoms with Crippen molar-refractivity contribution in [3.63, 3.8) is 0 Å². The minimum absolute atomic E-state index is 0.0444. The average molecular weight is 348 g/mol. The first-order valence-corrected chi connectivity index (χ1v) is 8.87. The van der Waals surface area contributed by atoms with Crippen LogP contribution in [0.1, 0.15) is 43.5 Å². The lowest BCUT2D eigenvalue weighted by molar-refractivity contribution is -0.124. The lowest BCUT2D eigenvalue weighted by Gasteiger charge is -2.32. The number of carbonyl (C=O) groups excluding carboxylic acids is 2. The zero-order valence-electron chi connectivity index (χ0n) is 15.3. The number of benzene rings is 1. The SMILES string of the molecule is CCCN1CCC(NC(=O)COc2ccc(C(C)=O)cc2OC)CC1. The number of piperidine rings is 1. The summed E-state index contributed by atoms with van der Waals surface area (Å²) in [4.78, 5) is 26.0. The molecule has 0 saturated carbocycles. The Morgan fingerprint density at radius 2 is 1.96 bits per heavy atom. The van der Waals surface area contributed by atoms with Crippen LogP contribution in [-0.2, 0) is 4.79 Å². The van der Waals surface area contributed by atoms with Gasteiger partial charge in [0.15, 0.2) is 23.9 Å². The first kappa shape index (κ1) is 19.2. The highest BCUT2D eigenvalue weighted by Gasteiger charge is 2.20. The number of nitrogens with zero attached hydrogens (tertiary/aromatic N) is 1. The molecular weight excluding hydrogens is 320 g/mol. The summed E-state index contributed by atoms with van der Waals surface area (Å²) in [6.45, 7) is 6.79. The van der Waals surface area contributed by atoms with Crippen molar-refractivity contribution in [2.24, 2.45) is 0 Å². The molecule has 1 heterocycles. The van der Waals surface area contributed by atoms with Crippen LogP contribution in [0, 0.1) is 0 Å². The molecule has 0 spiro atoms. The van der Waals surface area contributed by atoms with E-state index in [-0.39, 0.29) is 24.3 Å². The van der Waals surface area contributed by atoms with Crippen LogP contribution in [0.15, 0.2) is 18.2 Å². The van der Waals surface area contributed by atoms with Crippen LogP contribution in [0.2, 0.25) is 0 Å². The summed E-state index contributed by atoms with van der Waals surface area (Å²) in [5.74, 6) is 0.734. The second-order valence-corrected chi connectivity index (χ2v) is 6.39. The highest BCUT2D eigenvalue weighted by Crippen LogP contribution is 2.28. The van der Waals surface area contributed by atoms with E-state index in [1.165, 1.54) is 14.0 Å². The predicted molar refractivity (Wildman–Crippen MR) is 96.4 cm³/mol. The maximum Gasteiger partial charge on any atom is 0.258 e. The molecule has 0 bridgehead atoms. The number of hydrogen-bond acceptors (Lipinski definition) is 5. The van der Waals surface area contributed by atoms with Crippen molar-refractivity contribution in [2.45, 2.75) is 39.2 Å². The van der Waals surface area contributed by atoms with E-state index in [0.717, 1.165) is 38.9 Å². The third-order valence-corrected chi connectivity index (χ3v) is 4.42. The zero-order valence-corrected chi connectivity index (χ0v) is 15.3. The summed E-state index contributed by atoms with van der Waals surface area (Å²) in [6, 6.07) is 5.17. The summed E-state index contributed by atoms with van der Waals surface area (Å²) in [5.41, 5.74) is 0.549. The number of hydrogen-bond donors (Lipinski definition) is 1. The topological polar surface area (TPSA) is 67.9 Å². The summed E-state index contributed by atoms with van der Waals surface area (Å²) in [7, 11) is 1.51. The van der Waals surface area contributed by atoms with Gasteiger partial charge in [0.25, 0.3) is 5.91 Å². The van der Waals surface area contributed by atoms with Gasteiger partial charge in [-0.1, -0.05) is 6.92 Å². The van der Waals surface area contributed by atoms with Gasteiger partial charge in [-0.2, -0.15) is 0 Å². The van der Waals surface area contributed by atoms with Crippen molar-refractivity contribution in [3.8, 4) is 11.5 Å². The quantitative estimate of drug-likeness (QED) is 0.730. The fourth-order valence-corrected chi connectivity index (χ4v) is 3.04. The Balaban J connectivity index is 1.81. The molecule has 1 saturated heterocycles. The Morgan fingerprint density at radius 3 is 2.56 bits per heavy atom. The van der Waals surface area contributed by atoms with Crippen molar-refractivity contribution in [1.29, 1.82) is 0 Å². The largest absolute Gasteiger partial charge is 0.493 e. The van der Waals surface area contributed by atoms with Gasteiger partial charge in [-0.05, 0) is 50.9 Å². The molecule has 1 aliphatic rings. The molecule has 0 aromatic heterocycles. The standard InChI is InChI=1S/C19H28N2O4/c1-4-9-21-10-7-16(8-11-21)20-19(23)13-25-17-6-5-15(14(2)22)12-18(17)24-3/h5-6,12,16H,4,7-11,13H2,1-3H3,(H,20,23). The van der Waals surface area contributed by atoms with Crippen molar-refractivity contribution in [3.05, 3.63) is 23.8 Å². The van der Waals surface area contributed by atoms with Crippen LogP contribution >= 0.6 is 0 Å². The van der Waals surface area contributed by atoms with Crippen LogP contribution < -0.4 is 14.8 Å². The molecule has 0 radical (unpaired) electrons. The number of ketones is 1. The third kappa shape index (κ3) is 5.74. The lowest BCUT2D eigenvalue weighted by atomic mass is 10.0. The van der Waals surface area contributed by atoms with E-state index >= 15 is 0 Å². The normalized spacial score (nSPS) is 15.6. The molecule has 6 nitrogen and oxygen atoms in total. The Kier molecular flexibility index (Phi) is 7.25. The monoisotopic (exact) mass is 348 g/mol. The number of methoxy groups -OCH3 is 1. The molecule has 1 amide bonds. The molecule has 1 aromatic carbocycles. The maximum absolute atomic E-state index is 12.1. The number of rotatable bonds is 8. The molecule has 0 aliphatic carbocycles. The van der Waals surface area contributed by atoms with Crippen LogP contribution in [0.5, 0.6) is 11.5 Å². The number of Topliss-reactive ketones (excluding diaryl/α,β-unsaturated/α-hetero) is 1. The van der Waals surface area contributed by atoms with Gasteiger partial charge in [-0.25, -0.2) is 0 Å². The fraction of sp³-hybridized carbons (Fsp3) is 0.579. The molecule has 1 fully saturated rings. The highest BCUT2D eigenvalue weighted by atomic mass is 16.5. The molecule has 0 atom stereocenters. The Hall–Kier alpha value is -2.08. The molecule has 2 rings (SSSR count). The van der Waals surface area contributed by atoms with Gasteiger partial charge in [-0.3, -0.25) is 9.59 Å². The Labute approximate surface area is 149 Å². The first-order valence-electron chi connectivity index (χ1n) is 8.87. The van der Waals surface area contributed by atoms with Gasteiger partial charge in [0.2, 0.25) is 0 Å². The van der Waals surface area contributed by atoms with Crippen LogP contribution in [0.4, 0.5) is 0 Å². The molecule has 138 valence electrons. The van der Waals surface area contributed by atoms with E-state index < -0.39 is 0 Å². The molecular formula is C19H28N2O4. The number of amides is 1. The molecule has 1 aliphatic heterocycles.